The van der Waals surface area contributed by atoms with Crippen molar-refractivity contribution in [3.05, 3.63) is 53.3 Å². The third kappa shape index (κ3) is 5.95. The van der Waals surface area contributed by atoms with E-state index < -0.39 is 15.6 Å². The Labute approximate surface area is 179 Å². The zero-order chi connectivity index (χ0) is 21.9. The molecular formula is C23H32N2O4S. The van der Waals surface area contributed by atoms with E-state index in [1.165, 1.54) is 23.3 Å². The Kier molecular flexibility index (Phi) is 6.72. The lowest BCUT2D eigenvalue weighted by Crippen LogP contribution is -2.40. The molecule has 1 fully saturated rings. The van der Waals surface area contributed by atoms with Crippen LogP contribution in [0.3, 0.4) is 0 Å². The van der Waals surface area contributed by atoms with Crippen LogP contribution in [-0.4, -0.2) is 37.9 Å². The molecule has 1 saturated heterocycles. The smallest absolute Gasteiger partial charge is 0.289 e. The number of carbonyl (C=O) groups excluding carboxylic acids is 1. The lowest BCUT2D eigenvalue weighted by atomic mass is 9.90. The highest BCUT2D eigenvalue weighted by Gasteiger charge is 2.29. The van der Waals surface area contributed by atoms with Gasteiger partial charge in [0.25, 0.3) is 15.9 Å². The Morgan fingerprint density at radius 2 is 1.73 bits per heavy atom. The van der Waals surface area contributed by atoms with Crippen molar-refractivity contribution < 1.29 is 17.6 Å². The first kappa shape index (κ1) is 22.6. The molecule has 6 nitrogen and oxygen atoms in total. The van der Waals surface area contributed by atoms with E-state index in [4.69, 9.17) is 4.42 Å². The summed E-state index contributed by atoms with van der Waals surface area (Å²) in [6.45, 7) is 8.68. The highest BCUT2D eigenvalue weighted by Crippen LogP contribution is 2.25. The third-order valence-electron chi connectivity index (χ3n) is 5.36. The van der Waals surface area contributed by atoms with Gasteiger partial charge in [0.1, 0.15) is 0 Å². The molecule has 0 radical (unpaired) electrons. The number of rotatable bonds is 6. The molecule has 1 aliphatic heterocycles. The Hall–Kier alpha value is -2.12. The predicted octanol–water partition coefficient (Wildman–Crippen LogP) is 4.15. The molecule has 7 heteroatoms. The monoisotopic (exact) mass is 432 g/mol. The van der Waals surface area contributed by atoms with E-state index in [1.807, 2.05) is 0 Å². The van der Waals surface area contributed by atoms with Gasteiger partial charge in [-0.2, -0.15) is 0 Å². The van der Waals surface area contributed by atoms with Crippen molar-refractivity contribution in [1.29, 1.82) is 0 Å². The molecule has 0 bridgehead atoms. The molecule has 2 heterocycles. The van der Waals surface area contributed by atoms with Crippen LogP contribution < -0.4 is 4.72 Å². The van der Waals surface area contributed by atoms with Crippen molar-refractivity contribution in [3.63, 3.8) is 0 Å². The molecular weight excluding hydrogens is 400 g/mol. The fourth-order valence-corrected chi connectivity index (χ4v) is 5.09. The summed E-state index contributed by atoms with van der Waals surface area (Å²) in [5.41, 5.74) is 2.00. The second-order valence-corrected chi connectivity index (χ2v) is 10.8. The molecule has 0 unspecified atom stereocenters. The van der Waals surface area contributed by atoms with Crippen LogP contribution in [0.1, 0.15) is 61.7 Å². The van der Waals surface area contributed by atoms with Gasteiger partial charge in [-0.1, -0.05) is 29.8 Å². The van der Waals surface area contributed by atoms with Gasteiger partial charge in [-0.3, -0.25) is 4.79 Å². The Balaban J connectivity index is 1.53. The number of likely N-dealkylation sites (tertiary alicyclic amines) is 1. The maximum Gasteiger partial charge on any atom is 0.289 e. The minimum Gasteiger partial charge on any atom is -0.438 e. The van der Waals surface area contributed by atoms with E-state index in [2.05, 4.69) is 35.9 Å². The van der Waals surface area contributed by atoms with Crippen LogP contribution in [0.4, 0.5) is 0 Å². The maximum atomic E-state index is 12.8. The summed E-state index contributed by atoms with van der Waals surface area (Å²) in [6.07, 6.45) is 4.08. The zero-order valence-corrected chi connectivity index (χ0v) is 19.1. The van der Waals surface area contributed by atoms with Crippen LogP contribution in [0.25, 0.3) is 0 Å². The first-order valence-corrected chi connectivity index (χ1v) is 12.0. The summed E-state index contributed by atoms with van der Waals surface area (Å²) < 4.78 is 32.7. The Bertz CT molecular complexity index is 963. The normalized spacial score (nSPS) is 16.1. The summed E-state index contributed by atoms with van der Waals surface area (Å²) in [7, 11) is -3.79. The van der Waals surface area contributed by atoms with Crippen molar-refractivity contribution in [3.8, 4) is 0 Å². The van der Waals surface area contributed by atoms with Crippen LogP contribution in [0.15, 0.2) is 45.9 Å². The highest BCUT2D eigenvalue weighted by atomic mass is 32.2. The number of amides is 1. The third-order valence-corrected chi connectivity index (χ3v) is 6.99. The van der Waals surface area contributed by atoms with Gasteiger partial charge in [-0.25, -0.2) is 13.1 Å². The summed E-state index contributed by atoms with van der Waals surface area (Å²) >= 11 is 0. The van der Waals surface area contributed by atoms with E-state index in [0.717, 1.165) is 25.7 Å². The molecule has 30 heavy (non-hydrogen) atoms. The molecule has 1 aromatic heterocycles. The molecule has 1 N–H and O–H groups in total. The average Bonchev–Trinajstić information content (AvgIpc) is 3.17. The molecule has 2 aromatic rings. The number of nitrogens with one attached hydrogen (secondary N) is 1. The second-order valence-electron chi connectivity index (χ2n) is 9.23. The fourth-order valence-electron chi connectivity index (χ4n) is 3.74. The standard InChI is InChI=1S/C23H32N2O4S/c1-17-5-7-18(8-6-17)9-10-19-13-15-25(16-14-19)22(26)20-11-12-21(29-20)30(27,28)24-23(2,3)4/h5-8,11-12,19,24H,9-10,13-16H2,1-4H3. The number of sulfonamides is 1. The number of carbonyl (C=O) groups is 1. The van der Waals surface area contributed by atoms with Crippen molar-refractivity contribution in [2.45, 2.75) is 64.0 Å². The number of piperidine rings is 1. The molecule has 0 aliphatic carbocycles. The van der Waals surface area contributed by atoms with Crippen LogP contribution in [0, 0.1) is 12.8 Å². The molecule has 0 atom stereocenters. The topological polar surface area (TPSA) is 79.6 Å². The molecule has 1 amide bonds. The molecule has 0 spiro atoms. The summed E-state index contributed by atoms with van der Waals surface area (Å²) in [5.74, 6) is 0.422. The van der Waals surface area contributed by atoms with Gasteiger partial charge >= 0.3 is 0 Å². The quantitative estimate of drug-likeness (QED) is 0.744. The lowest BCUT2D eigenvalue weighted by molar-refractivity contribution is 0.0649. The summed E-state index contributed by atoms with van der Waals surface area (Å²) in [6, 6.07) is 11.5. The Morgan fingerprint density at radius 3 is 2.33 bits per heavy atom. The minimum absolute atomic E-state index is 0.0717. The number of hydrogen-bond acceptors (Lipinski definition) is 4. The first-order chi connectivity index (χ1) is 14.0. The van der Waals surface area contributed by atoms with Gasteiger partial charge in [0.15, 0.2) is 5.76 Å². The van der Waals surface area contributed by atoms with E-state index in [0.29, 0.717) is 19.0 Å². The van der Waals surface area contributed by atoms with Crippen molar-refractivity contribution in [2.24, 2.45) is 5.92 Å². The van der Waals surface area contributed by atoms with Crippen LogP contribution >= 0.6 is 0 Å². The van der Waals surface area contributed by atoms with Crippen LogP contribution in [0.2, 0.25) is 0 Å². The SMILES string of the molecule is Cc1ccc(CCC2CCN(C(=O)c3ccc(S(=O)(=O)NC(C)(C)C)o3)CC2)cc1. The number of hydrogen-bond donors (Lipinski definition) is 1. The molecule has 0 saturated carbocycles. The van der Waals surface area contributed by atoms with Gasteiger partial charge < -0.3 is 9.32 Å². The maximum absolute atomic E-state index is 12.8. The first-order valence-electron chi connectivity index (χ1n) is 10.5. The second kappa shape index (κ2) is 8.94. The number of furan rings is 1. The average molecular weight is 433 g/mol. The molecule has 3 rings (SSSR count). The number of nitrogens with zero attached hydrogens (tertiary/aromatic N) is 1. The van der Waals surface area contributed by atoms with E-state index in [-0.39, 0.29) is 16.8 Å². The van der Waals surface area contributed by atoms with Crippen molar-refractivity contribution in [2.75, 3.05) is 13.1 Å². The van der Waals surface area contributed by atoms with E-state index in [9.17, 15) is 13.2 Å². The van der Waals surface area contributed by atoms with Gasteiger partial charge in [0.2, 0.25) is 5.09 Å². The lowest BCUT2D eigenvalue weighted by Gasteiger charge is -2.31. The van der Waals surface area contributed by atoms with Gasteiger partial charge in [0, 0.05) is 18.6 Å². The van der Waals surface area contributed by atoms with E-state index >= 15 is 0 Å². The van der Waals surface area contributed by atoms with Crippen molar-refractivity contribution in [1.82, 2.24) is 9.62 Å². The largest absolute Gasteiger partial charge is 0.438 e. The molecule has 1 aliphatic rings. The van der Waals surface area contributed by atoms with Gasteiger partial charge in [-0.05, 0) is 77.0 Å². The van der Waals surface area contributed by atoms with Crippen molar-refractivity contribution >= 4 is 15.9 Å². The summed E-state index contributed by atoms with van der Waals surface area (Å²) in [5, 5.41) is -0.228. The fraction of sp³-hybridized carbons (Fsp3) is 0.522. The Morgan fingerprint density at radius 1 is 1.10 bits per heavy atom. The predicted molar refractivity (Wildman–Crippen MR) is 117 cm³/mol. The van der Waals surface area contributed by atoms with Crippen LogP contribution in [-0.2, 0) is 16.4 Å². The van der Waals surface area contributed by atoms with E-state index in [1.54, 1.807) is 25.7 Å². The van der Waals surface area contributed by atoms with Gasteiger partial charge in [0.05, 0.1) is 0 Å². The summed E-state index contributed by atoms with van der Waals surface area (Å²) in [4.78, 5) is 14.5. The number of aryl methyl sites for hydroxylation is 2. The number of benzene rings is 1. The molecule has 1 aromatic carbocycles. The van der Waals surface area contributed by atoms with Gasteiger partial charge in [-0.15, -0.1) is 0 Å². The molecule has 164 valence electrons. The minimum atomic E-state index is -3.79. The highest BCUT2D eigenvalue weighted by molar-refractivity contribution is 7.89. The zero-order valence-electron chi connectivity index (χ0n) is 18.3. The van der Waals surface area contributed by atoms with Crippen LogP contribution in [0.5, 0.6) is 0 Å².